The fraction of sp³-hybridized carbons (Fsp3) is 0. The summed E-state index contributed by atoms with van der Waals surface area (Å²) in [6.07, 6.45) is 0. The van der Waals surface area contributed by atoms with Crippen LogP contribution in [0.1, 0.15) is 0 Å². The van der Waals surface area contributed by atoms with Gasteiger partial charge in [0, 0.05) is 105 Å². The zero-order valence-corrected chi connectivity index (χ0v) is 15.2. The van der Waals surface area contributed by atoms with Crippen LogP contribution in [-0.2, 0) is 105 Å². The third-order valence-electron chi connectivity index (χ3n) is 0. The minimum atomic E-state index is 0. The van der Waals surface area contributed by atoms with Crippen molar-refractivity contribution in [2.24, 2.45) is 0 Å². The Morgan fingerprint density at radius 2 is 1.00 bits per heavy atom. The molecule has 0 aliphatic rings. The van der Waals surface area contributed by atoms with Crippen LogP contribution < -0.4 is 0 Å². The second kappa shape index (κ2) is 26.1. The van der Waals surface area contributed by atoms with E-state index in [0.717, 1.165) is 0 Å². The standard InChI is InChI=1S/Ir.Mo.Re.Ta.W. The molecule has 0 rings (SSSR count). The van der Waals surface area contributed by atoms with Crippen LogP contribution in [0, 0.1) is 0 Å². The quantitative estimate of drug-likeness (QED) is 0.302. The zero-order chi connectivity index (χ0) is 0. The fourth-order valence-electron chi connectivity index (χ4n) is 0. The molecule has 0 aliphatic heterocycles. The van der Waals surface area contributed by atoms with Gasteiger partial charge in [-0.3, -0.25) is 0 Å². The molecule has 0 saturated carbocycles. The van der Waals surface area contributed by atoms with Crippen molar-refractivity contribution in [3.8, 4) is 0 Å². The molecule has 0 aromatic heterocycles. The Morgan fingerprint density at radius 3 is 1.00 bits per heavy atom. The SMILES string of the molecule is [Ir].[Mo].[Re].[Ta].[W]. The summed E-state index contributed by atoms with van der Waals surface area (Å²) in [6, 6.07) is 0. The minimum absolute atomic E-state index is 0. The topological polar surface area (TPSA) is 0 Å². The molecule has 0 aliphatic carbocycles. The van der Waals surface area contributed by atoms with Gasteiger partial charge in [0.15, 0.2) is 0 Å². The number of rotatable bonds is 0. The smallest absolute Gasteiger partial charge is 0 e. The summed E-state index contributed by atoms with van der Waals surface area (Å²) >= 11 is 0. The van der Waals surface area contributed by atoms with Gasteiger partial charge in [-0.25, -0.2) is 0 Å². The number of hydrogen-bond donors (Lipinski definition) is 0. The van der Waals surface area contributed by atoms with Crippen molar-refractivity contribution < 1.29 is 105 Å². The summed E-state index contributed by atoms with van der Waals surface area (Å²) in [5.41, 5.74) is 0. The Balaban J connectivity index is 0. The molecule has 0 atom stereocenters. The van der Waals surface area contributed by atoms with Crippen LogP contribution in [0.15, 0.2) is 0 Å². The van der Waals surface area contributed by atoms with E-state index in [1.807, 2.05) is 0 Å². The predicted molar refractivity (Wildman–Crippen MR) is 0 cm³/mol. The molecule has 0 amide bonds. The van der Waals surface area contributed by atoms with Crippen LogP contribution >= 0.6 is 0 Å². The summed E-state index contributed by atoms with van der Waals surface area (Å²) in [7, 11) is 0. The van der Waals surface area contributed by atoms with Crippen molar-refractivity contribution in [1.29, 1.82) is 0 Å². The Labute approximate surface area is 103 Å². The maximum Gasteiger partial charge on any atom is 0 e. The van der Waals surface area contributed by atoms with E-state index in [4.69, 9.17) is 0 Å². The van der Waals surface area contributed by atoms with Crippen LogP contribution in [0.5, 0.6) is 0 Å². The molecule has 0 unspecified atom stereocenters. The van der Waals surface area contributed by atoms with Gasteiger partial charge in [0.2, 0.25) is 0 Å². The molecule has 0 spiro atoms. The molecular weight excluding hydrogens is 839 g/mol. The summed E-state index contributed by atoms with van der Waals surface area (Å²) < 4.78 is 0. The monoisotopic (exact) mass is 843 g/mol. The molecule has 0 saturated heterocycles. The van der Waals surface area contributed by atoms with Crippen LogP contribution in [0.3, 0.4) is 0 Å². The van der Waals surface area contributed by atoms with Gasteiger partial charge in [0.05, 0.1) is 0 Å². The average Bonchev–Trinajstić information content (AvgIpc) is 0. The third kappa shape index (κ3) is 18.6. The summed E-state index contributed by atoms with van der Waals surface area (Å²) in [6.45, 7) is 0. The van der Waals surface area contributed by atoms with E-state index in [9.17, 15) is 0 Å². The van der Waals surface area contributed by atoms with Gasteiger partial charge in [-0.2, -0.15) is 0 Å². The molecule has 33 valence electrons. The molecule has 3 radical (unpaired) electrons. The molecule has 5 heteroatoms. The maximum atomic E-state index is 0. The Hall–Kier alpha value is 3.43. The van der Waals surface area contributed by atoms with Gasteiger partial charge in [-0.1, -0.05) is 0 Å². The van der Waals surface area contributed by atoms with E-state index < -0.39 is 0 Å². The largest absolute Gasteiger partial charge is 0 e. The van der Waals surface area contributed by atoms with E-state index in [1.54, 1.807) is 0 Å². The predicted octanol–water partition coefficient (Wildman–Crippen LogP) is -0.0125. The van der Waals surface area contributed by atoms with Crippen LogP contribution in [0.4, 0.5) is 0 Å². The van der Waals surface area contributed by atoms with Crippen LogP contribution in [0.2, 0.25) is 0 Å². The fourth-order valence-corrected chi connectivity index (χ4v) is 0. The molecular formula is IrMoReTaW. The Bertz CT molecular complexity index is 11.6. The van der Waals surface area contributed by atoms with Crippen molar-refractivity contribution >= 4 is 0 Å². The van der Waals surface area contributed by atoms with E-state index in [2.05, 4.69) is 0 Å². The van der Waals surface area contributed by atoms with E-state index >= 15 is 0 Å². The van der Waals surface area contributed by atoms with Gasteiger partial charge in [0.1, 0.15) is 0 Å². The second-order valence-corrected chi connectivity index (χ2v) is 0. The van der Waals surface area contributed by atoms with Gasteiger partial charge in [-0.15, -0.1) is 0 Å². The molecule has 0 aromatic rings. The maximum absolute atomic E-state index is 0. The van der Waals surface area contributed by atoms with Crippen molar-refractivity contribution in [1.82, 2.24) is 0 Å². The van der Waals surface area contributed by atoms with Gasteiger partial charge in [0.25, 0.3) is 0 Å². The van der Waals surface area contributed by atoms with Gasteiger partial charge < -0.3 is 0 Å². The Kier molecular flexibility index (Phi) is 207. The molecule has 0 nitrogen and oxygen atoms in total. The third-order valence-corrected chi connectivity index (χ3v) is 0. The van der Waals surface area contributed by atoms with Crippen LogP contribution in [-0.4, -0.2) is 0 Å². The van der Waals surface area contributed by atoms with Crippen molar-refractivity contribution in [3.05, 3.63) is 0 Å². The molecule has 0 heterocycles. The van der Waals surface area contributed by atoms with E-state index in [1.165, 1.54) is 0 Å². The normalized spacial score (nSPS) is 0. The first-order valence-corrected chi connectivity index (χ1v) is 0. The zero-order valence-electron chi connectivity index (χ0n) is 1.98. The second-order valence-electron chi connectivity index (χ2n) is 0. The average molecular weight is 839 g/mol. The summed E-state index contributed by atoms with van der Waals surface area (Å²) in [4.78, 5) is 0. The van der Waals surface area contributed by atoms with Gasteiger partial charge in [-0.05, 0) is 0 Å². The minimum Gasteiger partial charge on any atom is 0 e. The molecule has 5 heavy (non-hydrogen) atoms. The van der Waals surface area contributed by atoms with E-state index in [0.29, 0.717) is 0 Å². The molecule has 0 fully saturated rings. The first-order valence-electron chi connectivity index (χ1n) is 0. The van der Waals surface area contributed by atoms with Crippen molar-refractivity contribution in [2.45, 2.75) is 0 Å². The molecule has 0 aromatic carbocycles. The van der Waals surface area contributed by atoms with Crippen LogP contribution in [0.25, 0.3) is 0 Å². The van der Waals surface area contributed by atoms with Crippen molar-refractivity contribution in [2.75, 3.05) is 0 Å². The number of hydrogen-bond acceptors (Lipinski definition) is 0. The Morgan fingerprint density at radius 1 is 1.00 bits per heavy atom. The first kappa shape index (κ1) is 39.6. The van der Waals surface area contributed by atoms with Gasteiger partial charge >= 0.3 is 0 Å². The van der Waals surface area contributed by atoms with Crippen molar-refractivity contribution in [3.63, 3.8) is 0 Å². The first-order chi connectivity index (χ1) is 0. The van der Waals surface area contributed by atoms with E-state index in [-0.39, 0.29) is 105 Å². The molecule has 0 bridgehead atoms. The summed E-state index contributed by atoms with van der Waals surface area (Å²) in [5.74, 6) is 0. The molecule has 0 N–H and O–H groups in total. The summed E-state index contributed by atoms with van der Waals surface area (Å²) in [5, 5.41) is 0.